The molecule has 1 aromatic rings. The number of benzene rings is 1. The number of hydrogen-bond donors (Lipinski definition) is 1. The quantitative estimate of drug-likeness (QED) is 0.883. The Kier molecular flexibility index (Phi) is 3.74. The third-order valence-corrected chi connectivity index (χ3v) is 3.17. The van der Waals surface area contributed by atoms with Crippen molar-refractivity contribution < 1.29 is 18.6 Å². The zero-order chi connectivity index (χ0) is 12.4. The smallest absolute Gasteiger partial charge is 0.164 e. The van der Waals surface area contributed by atoms with Gasteiger partial charge in [0.05, 0.1) is 12.2 Å². The van der Waals surface area contributed by atoms with Crippen LogP contribution in [0.4, 0.5) is 8.78 Å². The summed E-state index contributed by atoms with van der Waals surface area (Å²) >= 11 is 0. The maximum Gasteiger partial charge on any atom is 0.164 e. The summed E-state index contributed by atoms with van der Waals surface area (Å²) in [5.41, 5.74) is 0.263. The third-order valence-electron chi connectivity index (χ3n) is 3.17. The van der Waals surface area contributed by atoms with Gasteiger partial charge in [-0.2, -0.15) is 0 Å². The van der Waals surface area contributed by atoms with Crippen molar-refractivity contribution in [1.29, 1.82) is 0 Å². The van der Waals surface area contributed by atoms with Crippen molar-refractivity contribution in [3.63, 3.8) is 0 Å². The predicted molar refractivity (Wildman–Crippen MR) is 59.6 cm³/mol. The lowest BCUT2D eigenvalue weighted by Crippen LogP contribution is -2.13. The molecule has 0 aliphatic carbocycles. The standard InChI is InChI=1S/C13H16F2O2/c1-8-4-5-10(13(15)12(8)14)11(16)7-9-3-2-6-17-9/h4-5,9,11,16H,2-3,6-7H2,1H3. The van der Waals surface area contributed by atoms with Crippen molar-refractivity contribution in [2.75, 3.05) is 6.61 Å². The number of aliphatic hydroxyl groups excluding tert-OH is 1. The number of aryl methyl sites for hydroxylation is 1. The molecule has 1 aliphatic rings. The number of aliphatic hydroxyl groups is 1. The van der Waals surface area contributed by atoms with Crippen LogP contribution in [0.2, 0.25) is 0 Å². The Hall–Kier alpha value is -1.00. The Morgan fingerprint density at radius 2 is 2.18 bits per heavy atom. The molecule has 2 rings (SSSR count). The predicted octanol–water partition coefficient (Wildman–Crippen LogP) is 2.88. The highest BCUT2D eigenvalue weighted by Crippen LogP contribution is 2.28. The molecule has 1 saturated heterocycles. The molecule has 17 heavy (non-hydrogen) atoms. The highest BCUT2D eigenvalue weighted by Gasteiger charge is 2.23. The maximum absolute atomic E-state index is 13.6. The van der Waals surface area contributed by atoms with Crippen LogP contribution in [-0.2, 0) is 4.74 Å². The Labute approximate surface area is 99.2 Å². The van der Waals surface area contributed by atoms with E-state index < -0.39 is 17.7 Å². The van der Waals surface area contributed by atoms with Gasteiger partial charge in [-0.1, -0.05) is 12.1 Å². The molecule has 4 heteroatoms. The van der Waals surface area contributed by atoms with Gasteiger partial charge >= 0.3 is 0 Å². The van der Waals surface area contributed by atoms with Gasteiger partial charge in [-0.25, -0.2) is 8.78 Å². The van der Waals surface area contributed by atoms with E-state index >= 15 is 0 Å². The maximum atomic E-state index is 13.6. The van der Waals surface area contributed by atoms with Gasteiger partial charge in [-0.05, 0) is 25.3 Å². The molecule has 1 aliphatic heterocycles. The van der Waals surface area contributed by atoms with E-state index in [1.807, 2.05) is 0 Å². The van der Waals surface area contributed by atoms with E-state index in [1.54, 1.807) is 0 Å². The largest absolute Gasteiger partial charge is 0.388 e. The SMILES string of the molecule is Cc1ccc(C(O)CC2CCCO2)c(F)c1F. The van der Waals surface area contributed by atoms with Gasteiger partial charge in [-0.15, -0.1) is 0 Å². The molecule has 94 valence electrons. The average molecular weight is 242 g/mol. The van der Waals surface area contributed by atoms with Crippen molar-refractivity contribution in [2.24, 2.45) is 0 Å². The van der Waals surface area contributed by atoms with Crippen LogP contribution in [0.25, 0.3) is 0 Å². The summed E-state index contributed by atoms with van der Waals surface area (Å²) in [5.74, 6) is -1.83. The van der Waals surface area contributed by atoms with Crippen molar-refractivity contribution >= 4 is 0 Å². The Morgan fingerprint density at radius 1 is 1.41 bits per heavy atom. The second kappa shape index (κ2) is 5.10. The Balaban J connectivity index is 2.13. The fourth-order valence-electron chi connectivity index (χ4n) is 2.12. The summed E-state index contributed by atoms with van der Waals surface area (Å²) in [4.78, 5) is 0. The molecule has 2 nitrogen and oxygen atoms in total. The van der Waals surface area contributed by atoms with Gasteiger partial charge < -0.3 is 9.84 Å². The minimum Gasteiger partial charge on any atom is -0.388 e. The highest BCUT2D eigenvalue weighted by atomic mass is 19.2. The van der Waals surface area contributed by atoms with Crippen LogP contribution in [0.15, 0.2) is 12.1 Å². The van der Waals surface area contributed by atoms with Crippen LogP contribution < -0.4 is 0 Å². The summed E-state index contributed by atoms with van der Waals surface area (Å²) in [6.45, 7) is 2.18. The monoisotopic (exact) mass is 242 g/mol. The van der Waals surface area contributed by atoms with Crippen LogP contribution in [0.3, 0.4) is 0 Å². The van der Waals surface area contributed by atoms with Gasteiger partial charge in [0.15, 0.2) is 11.6 Å². The summed E-state index contributed by atoms with van der Waals surface area (Å²) in [5, 5.41) is 9.89. The van der Waals surface area contributed by atoms with E-state index in [2.05, 4.69) is 0 Å². The number of hydrogen-bond acceptors (Lipinski definition) is 2. The zero-order valence-corrected chi connectivity index (χ0v) is 9.75. The molecule has 0 spiro atoms. The minimum absolute atomic E-state index is 0.0172. The number of halogens is 2. The molecule has 1 aromatic carbocycles. The fourth-order valence-corrected chi connectivity index (χ4v) is 2.12. The van der Waals surface area contributed by atoms with Crippen LogP contribution in [0.5, 0.6) is 0 Å². The minimum atomic E-state index is -1.01. The first-order chi connectivity index (χ1) is 8.09. The van der Waals surface area contributed by atoms with Crippen LogP contribution in [0, 0.1) is 18.6 Å². The zero-order valence-electron chi connectivity index (χ0n) is 9.75. The molecule has 0 radical (unpaired) electrons. The summed E-state index contributed by atoms with van der Waals surface area (Å²) in [7, 11) is 0. The lowest BCUT2D eigenvalue weighted by Gasteiger charge is -2.16. The molecule has 0 saturated carbocycles. The van der Waals surface area contributed by atoms with Crippen molar-refractivity contribution in [3.8, 4) is 0 Å². The lowest BCUT2D eigenvalue weighted by molar-refractivity contribution is 0.0519. The summed E-state index contributed by atoms with van der Waals surface area (Å²) in [6, 6.07) is 2.92. The molecule has 2 atom stereocenters. The fraction of sp³-hybridized carbons (Fsp3) is 0.538. The number of ether oxygens (including phenoxy) is 1. The molecule has 1 heterocycles. The Morgan fingerprint density at radius 3 is 2.82 bits per heavy atom. The van der Waals surface area contributed by atoms with E-state index in [0.29, 0.717) is 13.0 Å². The molecule has 2 unspecified atom stereocenters. The highest BCUT2D eigenvalue weighted by molar-refractivity contribution is 5.27. The van der Waals surface area contributed by atoms with E-state index in [9.17, 15) is 13.9 Å². The van der Waals surface area contributed by atoms with E-state index in [1.165, 1.54) is 19.1 Å². The van der Waals surface area contributed by atoms with E-state index in [0.717, 1.165) is 12.8 Å². The van der Waals surface area contributed by atoms with Gasteiger partial charge in [0.25, 0.3) is 0 Å². The van der Waals surface area contributed by atoms with Gasteiger partial charge in [0.1, 0.15) is 0 Å². The molecule has 1 N–H and O–H groups in total. The molecule has 0 bridgehead atoms. The lowest BCUT2D eigenvalue weighted by atomic mass is 10.00. The summed E-state index contributed by atoms with van der Waals surface area (Å²) in [6.07, 6.45) is 1.09. The second-order valence-electron chi connectivity index (χ2n) is 4.49. The van der Waals surface area contributed by atoms with Gasteiger partial charge in [0, 0.05) is 18.6 Å². The molecular weight excluding hydrogens is 226 g/mol. The van der Waals surface area contributed by atoms with Crippen molar-refractivity contribution in [1.82, 2.24) is 0 Å². The Bertz CT molecular complexity index is 401. The van der Waals surface area contributed by atoms with E-state index in [-0.39, 0.29) is 17.2 Å². The van der Waals surface area contributed by atoms with Crippen LogP contribution in [0.1, 0.15) is 36.5 Å². The summed E-state index contributed by atoms with van der Waals surface area (Å²) < 4.78 is 32.3. The van der Waals surface area contributed by atoms with Crippen molar-refractivity contribution in [3.05, 3.63) is 34.9 Å². The normalized spacial score (nSPS) is 21.8. The molecular formula is C13H16F2O2. The van der Waals surface area contributed by atoms with E-state index in [4.69, 9.17) is 4.74 Å². The molecule has 1 fully saturated rings. The first kappa shape index (κ1) is 12.5. The topological polar surface area (TPSA) is 29.5 Å². The van der Waals surface area contributed by atoms with Crippen molar-refractivity contribution in [2.45, 2.75) is 38.4 Å². The number of rotatable bonds is 3. The first-order valence-electron chi connectivity index (χ1n) is 5.83. The second-order valence-corrected chi connectivity index (χ2v) is 4.49. The molecule has 0 aromatic heterocycles. The third kappa shape index (κ3) is 2.64. The van der Waals surface area contributed by atoms with Crippen LogP contribution in [-0.4, -0.2) is 17.8 Å². The average Bonchev–Trinajstić information content (AvgIpc) is 2.78. The van der Waals surface area contributed by atoms with Gasteiger partial charge in [-0.3, -0.25) is 0 Å². The molecule has 0 amide bonds. The van der Waals surface area contributed by atoms with Gasteiger partial charge in [0.2, 0.25) is 0 Å². The van der Waals surface area contributed by atoms with Crippen LogP contribution >= 0.6 is 0 Å². The first-order valence-corrected chi connectivity index (χ1v) is 5.83.